The van der Waals surface area contributed by atoms with Gasteiger partial charge in [-0.2, -0.15) is 0 Å². The summed E-state index contributed by atoms with van der Waals surface area (Å²) in [4.78, 5) is 22.4. The highest BCUT2D eigenvalue weighted by Crippen LogP contribution is 2.16. The van der Waals surface area contributed by atoms with E-state index in [9.17, 15) is 14.0 Å². The van der Waals surface area contributed by atoms with E-state index in [0.717, 1.165) is 5.56 Å². The standard InChI is InChI=1S/C11H11FINO3/c1-6-3-2-4-7(13)9(6)10(15)14-8(5-12)11(16)17/h2-4,8H,5H2,1H3,(H,14,15)(H,16,17). The predicted octanol–water partition coefficient (Wildman–Crippen LogP) is 1.75. The van der Waals surface area contributed by atoms with Crippen LogP contribution in [-0.2, 0) is 4.79 Å². The molecule has 92 valence electrons. The number of hydrogen-bond acceptors (Lipinski definition) is 2. The van der Waals surface area contributed by atoms with Gasteiger partial charge in [0.15, 0.2) is 6.04 Å². The average Bonchev–Trinajstić information content (AvgIpc) is 2.25. The number of amides is 1. The zero-order chi connectivity index (χ0) is 13.0. The van der Waals surface area contributed by atoms with Crippen molar-refractivity contribution in [3.8, 4) is 0 Å². The topological polar surface area (TPSA) is 66.4 Å². The third-order valence-corrected chi connectivity index (χ3v) is 3.11. The van der Waals surface area contributed by atoms with E-state index in [1.165, 1.54) is 0 Å². The quantitative estimate of drug-likeness (QED) is 0.813. The smallest absolute Gasteiger partial charge is 0.328 e. The van der Waals surface area contributed by atoms with Crippen LogP contribution < -0.4 is 5.32 Å². The second kappa shape index (κ2) is 5.95. The Balaban J connectivity index is 2.94. The highest BCUT2D eigenvalue weighted by molar-refractivity contribution is 14.1. The summed E-state index contributed by atoms with van der Waals surface area (Å²) < 4.78 is 13.1. The van der Waals surface area contributed by atoms with Crippen LogP contribution in [0.25, 0.3) is 0 Å². The van der Waals surface area contributed by atoms with Crippen molar-refractivity contribution in [3.63, 3.8) is 0 Å². The van der Waals surface area contributed by atoms with Gasteiger partial charge in [-0.15, -0.1) is 0 Å². The lowest BCUT2D eigenvalue weighted by Crippen LogP contribution is -2.42. The Morgan fingerprint density at radius 1 is 1.53 bits per heavy atom. The van der Waals surface area contributed by atoms with E-state index >= 15 is 0 Å². The van der Waals surface area contributed by atoms with Crippen molar-refractivity contribution in [2.45, 2.75) is 13.0 Å². The van der Waals surface area contributed by atoms with Gasteiger partial charge in [-0.1, -0.05) is 12.1 Å². The molecule has 6 heteroatoms. The Bertz CT molecular complexity index is 430. The first kappa shape index (κ1) is 13.9. The number of carboxylic acid groups (broad SMARTS) is 1. The number of carbonyl (C=O) groups excluding carboxylic acids is 1. The summed E-state index contributed by atoms with van der Waals surface area (Å²) in [6.45, 7) is 0.603. The molecule has 1 aromatic rings. The van der Waals surface area contributed by atoms with Crippen LogP contribution in [-0.4, -0.2) is 29.7 Å². The summed E-state index contributed by atoms with van der Waals surface area (Å²) >= 11 is 1.98. The van der Waals surface area contributed by atoms with Crippen LogP contribution in [0.4, 0.5) is 4.39 Å². The van der Waals surface area contributed by atoms with Crippen LogP contribution >= 0.6 is 22.6 Å². The first-order chi connectivity index (χ1) is 7.97. The van der Waals surface area contributed by atoms with Crippen LogP contribution in [0.2, 0.25) is 0 Å². The number of aliphatic carboxylic acids is 1. The lowest BCUT2D eigenvalue weighted by Gasteiger charge is -2.13. The molecular weight excluding hydrogens is 340 g/mol. The van der Waals surface area contributed by atoms with E-state index in [2.05, 4.69) is 5.32 Å². The van der Waals surface area contributed by atoms with Gasteiger partial charge in [-0.25, -0.2) is 9.18 Å². The van der Waals surface area contributed by atoms with E-state index in [4.69, 9.17) is 5.11 Å². The van der Waals surface area contributed by atoms with E-state index in [-0.39, 0.29) is 0 Å². The molecule has 1 amide bonds. The molecule has 0 aromatic heterocycles. The molecule has 4 nitrogen and oxygen atoms in total. The summed E-state index contributed by atoms with van der Waals surface area (Å²) in [6, 6.07) is 3.76. The fraction of sp³-hybridized carbons (Fsp3) is 0.273. The van der Waals surface area contributed by atoms with E-state index in [1.54, 1.807) is 25.1 Å². The molecular formula is C11H11FINO3. The number of hydrogen-bond donors (Lipinski definition) is 2. The van der Waals surface area contributed by atoms with Crippen LogP contribution in [0, 0.1) is 10.5 Å². The summed E-state index contributed by atoms with van der Waals surface area (Å²) in [7, 11) is 0. The number of nitrogens with one attached hydrogen (secondary N) is 1. The van der Waals surface area contributed by atoms with Crippen molar-refractivity contribution in [1.82, 2.24) is 5.32 Å². The van der Waals surface area contributed by atoms with Crippen LogP contribution in [0.5, 0.6) is 0 Å². The molecule has 0 aliphatic carbocycles. The number of aryl methyl sites for hydroxylation is 1. The number of carbonyl (C=O) groups is 2. The molecule has 0 aliphatic heterocycles. The second-order valence-corrected chi connectivity index (χ2v) is 4.61. The van der Waals surface area contributed by atoms with E-state index in [0.29, 0.717) is 9.13 Å². The van der Waals surface area contributed by atoms with Gasteiger partial charge in [0.05, 0.1) is 5.56 Å². The molecule has 17 heavy (non-hydrogen) atoms. The van der Waals surface area contributed by atoms with Gasteiger partial charge in [0.2, 0.25) is 0 Å². The minimum Gasteiger partial charge on any atom is -0.480 e. The highest BCUT2D eigenvalue weighted by atomic mass is 127. The van der Waals surface area contributed by atoms with Crippen molar-refractivity contribution in [1.29, 1.82) is 0 Å². The zero-order valence-corrected chi connectivity index (χ0v) is 11.2. The molecule has 0 bridgehead atoms. The number of alkyl halides is 1. The van der Waals surface area contributed by atoms with Gasteiger partial charge in [0.1, 0.15) is 6.67 Å². The van der Waals surface area contributed by atoms with Crippen molar-refractivity contribution >= 4 is 34.5 Å². The van der Waals surface area contributed by atoms with Gasteiger partial charge in [-0.3, -0.25) is 4.79 Å². The summed E-state index contributed by atoms with van der Waals surface area (Å²) in [6.07, 6.45) is 0. The van der Waals surface area contributed by atoms with Gasteiger partial charge in [-0.05, 0) is 41.1 Å². The third-order valence-electron chi connectivity index (χ3n) is 2.21. The third kappa shape index (κ3) is 3.39. The molecule has 1 unspecified atom stereocenters. The maximum atomic E-state index is 12.4. The Morgan fingerprint density at radius 3 is 2.65 bits per heavy atom. The van der Waals surface area contributed by atoms with E-state index in [1.807, 2.05) is 22.6 Å². The molecule has 0 heterocycles. The molecule has 0 radical (unpaired) electrons. The second-order valence-electron chi connectivity index (χ2n) is 3.45. The maximum absolute atomic E-state index is 12.4. The normalized spacial score (nSPS) is 11.9. The number of rotatable bonds is 4. The van der Waals surface area contributed by atoms with Crippen molar-refractivity contribution < 1.29 is 19.1 Å². The monoisotopic (exact) mass is 351 g/mol. The fourth-order valence-corrected chi connectivity index (χ4v) is 2.19. The average molecular weight is 351 g/mol. The Morgan fingerprint density at radius 2 is 2.18 bits per heavy atom. The molecule has 0 saturated heterocycles. The molecule has 1 rings (SSSR count). The van der Waals surface area contributed by atoms with Gasteiger partial charge >= 0.3 is 5.97 Å². The van der Waals surface area contributed by atoms with Gasteiger partial charge < -0.3 is 10.4 Å². The summed E-state index contributed by atoms with van der Waals surface area (Å²) in [5.74, 6) is -1.96. The number of benzene rings is 1. The van der Waals surface area contributed by atoms with Crippen LogP contribution in [0.3, 0.4) is 0 Å². The van der Waals surface area contributed by atoms with Gasteiger partial charge in [0.25, 0.3) is 5.91 Å². The minimum absolute atomic E-state index is 0.382. The van der Waals surface area contributed by atoms with Crippen molar-refractivity contribution in [2.24, 2.45) is 0 Å². The Labute approximate surface area is 111 Å². The van der Waals surface area contributed by atoms with Crippen LogP contribution in [0.15, 0.2) is 18.2 Å². The van der Waals surface area contributed by atoms with Crippen LogP contribution in [0.1, 0.15) is 15.9 Å². The summed E-state index contributed by atoms with van der Waals surface area (Å²) in [5.41, 5.74) is 1.10. The SMILES string of the molecule is Cc1cccc(I)c1C(=O)NC(CF)C(=O)O. The zero-order valence-electron chi connectivity index (χ0n) is 9.04. The lowest BCUT2D eigenvalue weighted by molar-refractivity contribution is -0.139. The lowest BCUT2D eigenvalue weighted by atomic mass is 10.1. The highest BCUT2D eigenvalue weighted by Gasteiger charge is 2.22. The Hall–Kier alpha value is -1.18. The minimum atomic E-state index is -1.50. The molecule has 1 atom stereocenters. The van der Waals surface area contributed by atoms with E-state index < -0.39 is 24.6 Å². The largest absolute Gasteiger partial charge is 0.480 e. The molecule has 0 fully saturated rings. The number of halogens is 2. The maximum Gasteiger partial charge on any atom is 0.328 e. The molecule has 0 spiro atoms. The number of carboxylic acids is 1. The molecule has 2 N–H and O–H groups in total. The Kier molecular flexibility index (Phi) is 4.86. The molecule has 1 aromatic carbocycles. The first-order valence-corrected chi connectivity index (χ1v) is 5.90. The first-order valence-electron chi connectivity index (χ1n) is 4.82. The van der Waals surface area contributed by atoms with Crippen molar-refractivity contribution in [2.75, 3.05) is 6.67 Å². The van der Waals surface area contributed by atoms with Crippen molar-refractivity contribution in [3.05, 3.63) is 32.9 Å². The summed E-state index contributed by atoms with van der Waals surface area (Å²) in [5, 5.41) is 10.8. The predicted molar refractivity (Wildman–Crippen MR) is 68.8 cm³/mol. The molecule has 0 saturated carbocycles. The molecule has 0 aliphatic rings. The van der Waals surface area contributed by atoms with Gasteiger partial charge in [0, 0.05) is 3.57 Å². The fourth-order valence-electron chi connectivity index (χ4n) is 1.32.